The molecule has 0 spiro atoms. The van der Waals surface area contributed by atoms with E-state index in [1.165, 1.54) is 12.1 Å². The van der Waals surface area contributed by atoms with Crippen molar-refractivity contribution in [1.82, 2.24) is 0 Å². The number of hydrogen-bond donors (Lipinski definition) is 2. The lowest BCUT2D eigenvalue weighted by molar-refractivity contribution is 0.404. The second kappa shape index (κ2) is 3.74. The lowest BCUT2D eigenvalue weighted by atomic mass is 10.1. The number of phenolic OH excluding ortho intramolecular Hbond substituents is 2. The van der Waals surface area contributed by atoms with Crippen LogP contribution in [0.5, 0.6) is 11.5 Å². The summed E-state index contributed by atoms with van der Waals surface area (Å²) in [5, 5.41) is 22.9. The standard InChI is InChI=1S/C18H10O4/c19-13-5-10-12-7-16-11(9-3-1-2-4-15(9)21-16)6-17(12)22-18(10)8-14(13)20/h1-8,19-20H. The summed E-state index contributed by atoms with van der Waals surface area (Å²) >= 11 is 0. The van der Waals surface area contributed by atoms with Crippen molar-refractivity contribution >= 4 is 43.9 Å². The Kier molecular flexibility index (Phi) is 1.96. The van der Waals surface area contributed by atoms with Crippen molar-refractivity contribution in [3.8, 4) is 11.5 Å². The van der Waals surface area contributed by atoms with Gasteiger partial charge in [-0.25, -0.2) is 0 Å². The van der Waals surface area contributed by atoms with Crippen molar-refractivity contribution in [2.24, 2.45) is 0 Å². The first-order valence-corrected chi connectivity index (χ1v) is 6.90. The maximum atomic E-state index is 9.71. The number of benzene rings is 3. The van der Waals surface area contributed by atoms with Gasteiger partial charge in [-0.05, 0) is 24.3 Å². The average Bonchev–Trinajstić information content (AvgIpc) is 3.03. The first kappa shape index (κ1) is 11.5. The Bertz CT molecular complexity index is 1190. The molecular formula is C18H10O4. The van der Waals surface area contributed by atoms with Gasteiger partial charge in [0.2, 0.25) is 0 Å². The molecule has 0 saturated heterocycles. The second-order valence-electron chi connectivity index (χ2n) is 5.38. The van der Waals surface area contributed by atoms with E-state index in [1.807, 2.05) is 36.4 Å². The van der Waals surface area contributed by atoms with Crippen LogP contribution in [0.4, 0.5) is 0 Å². The largest absolute Gasteiger partial charge is 0.504 e. The molecule has 0 atom stereocenters. The molecule has 2 heterocycles. The van der Waals surface area contributed by atoms with Gasteiger partial charge in [0, 0.05) is 27.6 Å². The van der Waals surface area contributed by atoms with Crippen LogP contribution < -0.4 is 0 Å². The van der Waals surface area contributed by atoms with Crippen LogP contribution in [0.15, 0.2) is 57.4 Å². The maximum absolute atomic E-state index is 9.71. The summed E-state index contributed by atoms with van der Waals surface area (Å²) in [5.41, 5.74) is 2.82. The van der Waals surface area contributed by atoms with E-state index in [9.17, 15) is 10.2 Å². The molecule has 5 rings (SSSR count). The highest BCUT2D eigenvalue weighted by Crippen LogP contribution is 2.39. The SMILES string of the molecule is Oc1cc2oc3cc4c(cc3c2cc1O)oc1ccccc14. The predicted octanol–water partition coefficient (Wildman–Crippen LogP) is 4.90. The van der Waals surface area contributed by atoms with Crippen LogP contribution in [0, 0.1) is 0 Å². The Morgan fingerprint density at radius 2 is 1.09 bits per heavy atom. The molecule has 4 nitrogen and oxygen atoms in total. The molecule has 0 saturated carbocycles. The van der Waals surface area contributed by atoms with Crippen molar-refractivity contribution in [1.29, 1.82) is 0 Å². The molecule has 0 radical (unpaired) electrons. The molecule has 5 aromatic rings. The number of furan rings is 2. The van der Waals surface area contributed by atoms with E-state index >= 15 is 0 Å². The Morgan fingerprint density at radius 1 is 0.545 bits per heavy atom. The third-order valence-electron chi connectivity index (χ3n) is 4.07. The van der Waals surface area contributed by atoms with E-state index in [0.29, 0.717) is 11.2 Å². The highest BCUT2D eigenvalue weighted by Gasteiger charge is 2.14. The Morgan fingerprint density at radius 3 is 1.91 bits per heavy atom. The van der Waals surface area contributed by atoms with Gasteiger partial charge in [0.15, 0.2) is 11.5 Å². The lowest BCUT2D eigenvalue weighted by Gasteiger charge is -1.95. The van der Waals surface area contributed by atoms with Crippen molar-refractivity contribution in [3.63, 3.8) is 0 Å². The van der Waals surface area contributed by atoms with E-state index in [0.717, 1.165) is 32.7 Å². The number of aromatic hydroxyl groups is 2. The molecule has 2 aromatic heterocycles. The van der Waals surface area contributed by atoms with Crippen LogP contribution in [0.2, 0.25) is 0 Å². The number of fused-ring (bicyclic) bond motifs is 6. The van der Waals surface area contributed by atoms with Crippen LogP contribution in [0.25, 0.3) is 43.9 Å². The van der Waals surface area contributed by atoms with E-state index in [-0.39, 0.29) is 11.5 Å². The van der Waals surface area contributed by atoms with Crippen molar-refractivity contribution in [3.05, 3.63) is 48.5 Å². The first-order valence-electron chi connectivity index (χ1n) is 6.90. The molecule has 0 aliphatic heterocycles. The average molecular weight is 290 g/mol. The van der Waals surface area contributed by atoms with Crippen LogP contribution in [-0.2, 0) is 0 Å². The summed E-state index contributed by atoms with van der Waals surface area (Å²) in [7, 11) is 0. The minimum absolute atomic E-state index is 0.167. The third kappa shape index (κ3) is 1.36. The fourth-order valence-corrected chi connectivity index (χ4v) is 3.02. The zero-order valence-corrected chi connectivity index (χ0v) is 11.3. The summed E-state index contributed by atoms with van der Waals surface area (Å²) < 4.78 is 11.7. The molecule has 0 aliphatic rings. The van der Waals surface area contributed by atoms with Crippen molar-refractivity contribution in [2.45, 2.75) is 0 Å². The van der Waals surface area contributed by atoms with Gasteiger partial charge in [-0.1, -0.05) is 18.2 Å². The quantitative estimate of drug-likeness (QED) is 0.398. The fraction of sp³-hybridized carbons (Fsp3) is 0. The summed E-state index contributed by atoms with van der Waals surface area (Å²) in [6.45, 7) is 0. The van der Waals surface area contributed by atoms with E-state index in [1.54, 1.807) is 0 Å². The highest BCUT2D eigenvalue weighted by atomic mass is 16.3. The Hall–Kier alpha value is -3.14. The molecule has 3 aromatic carbocycles. The second-order valence-corrected chi connectivity index (χ2v) is 5.38. The van der Waals surface area contributed by atoms with Gasteiger partial charge in [-0.2, -0.15) is 0 Å². The summed E-state index contributed by atoms with van der Waals surface area (Å²) in [6.07, 6.45) is 0. The van der Waals surface area contributed by atoms with E-state index in [2.05, 4.69) is 0 Å². The molecule has 0 amide bonds. The zero-order valence-electron chi connectivity index (χ0n) is 11.3. The Labute approximate surface area is 123 Å². The van der Waals surface area contributed by atoms with Gasteiger partial charge in [0.1, 0.15) is 22.3 Å². The smallest absolute Gasteiger partial charge is 0.161 e. The molecule has 22 heavy (non-hydrogen) atoms. The normalized spacial score (nSPS) is 12.0. The third-order valence-corrected chi connectivity index (χ3v) is 4.07. The van der Waals surface area contributed by atoms with Crippen molar-refractivity contribution < 1.29 is 19.0 Å². The number of hydrogen-bond acceptors (Lipinski definition) is 4. The fourth-order valence-electron chi connectivity index (χ4n) is 3.02. The minimum atomic E-state index is -0.194. The summed E-state index contributed by atoms with van der Waals surface area (Å²) in [6, 6.07) is 14.6. The van der Waals surface area contributed by atoms with Gasteiger partial charge in [-0.15, -0.1) is 0 Å². The predicted molar refractivity (Wildman–Crippen MR) is 84.3 cm³/mol. The maximum Gasteiger partial charge on any atom is 0.161 e. The van der Waals surface area contributed by atoms with Crippen LogP contribution in [0.3, 0.4) is 0 Å². The Balaban J connectivity index is 1.99. The van der Waals surface area contributed by atoms with Gasteiger partial charge >= 0.3 is 0 Å². The molecule has 4 heteroatoms. The molecule has 0 fully saturated rings. The number of phenols is 2. The lowest BCUT2D eigenvalue weighted by Crippen LogP contribution is -1.70. The van der Waals surface area contributed by atoms with Gasteiger partial charge < -0.3 is 19.0 Å². The zero-order chi connectivity index (χ0) is 14.8. The van der Waals surface area contributed by atoms with Gasteiger partial charge in [0.05, 0.1) is 0 Å². The molecule has 0 aliphatic carbocycles. The van der Waals surface area contributed by atoms with Crippen molar-refractivity contribution in [2.75, 3.05) is 0 Å². The minimum Gasteiger partial charge on any atom is -0.504 e. The molecule has 2 N–H and O–H groups in total. The van der Waals surface area contributed by atoms with Gasteiger partial charge in [-0.3, -0.25) is 0 Å². The topological polar surface area (TPSA) is 66.7 Å². The molecule has 0 bridgehead atoms. The summed E-state index contributed by atoms with van der Waals surface area (Å²) in [4.78, 5) is 0. The van der Waals surface area contributed by atoms with Gasteiger partial charge in [0.25, 0.3) is 0 Å². The molecular weight excluding hydrogens is 280 g/mol. The van der Waals surface area contributed by atoms with Crippen LogP contribution >= 0.6 is 0 Å². The van der Waals surface area contributed by atoms with Crippen LogP contribution in [-0.4, -0.2) is 10.2 Å². The van der Waals surface area contributed by atoms with Crippen LogP contribution in [0.1, 0.15) is 0 Å². The molecule has 106 valence electrons. The monoisotopic (exact) mass is 290 g/mol. The highest BCUT2D eigenvalue weighted by molar-refractivity contribution is 6.15. The number of rotatable bonds is 0. The molecule has 0 unspecified atom stereocenters. The first-order chi connectivity index (χ1) is 10.7. The van der Waals surface area contributed by atoms with E-state index in [4.69, 9.17) is 8.83 Å². The number of para-hydroxylation sites is 1. The summed E-state index contributed by atoms with van der Waals surface area (Å²) in [5.74, 6) is -0.361. The van der Waals surface area contributed by atoms with E-state index < -0.39 is 0 Å².